The van der Waals surface area contributed by atoms with Crippen molar-refractivity contribution in [1.29, 1.82) is 0 Å². The summed E-state index contributed by atoms with van der Waals surface area (Å²) in [5, 5.41) is 9.58. The van der Waals surface area contributed by atoms with Crippen molar-refractivity contribution in [3.63, 3.8) is 0 Å². The molecule has 0 aliphatic carbocycles. The van der Waals surface area contributed by atoms with E-state index >= 15 is 0 Å². The van der Waals surface area contributed by atoms with Gasteiger partial charge < -0.3 is 14.7 Å². The molecule has 1 aliphatic rings. The Morgan fingerprint density at radius 3 is 2.51 bits per heavy atom. The number of aryl methyl sites for hydroxylation is 1. The van der Waals surface area contributed by atoms with Gasteiger partial charge in [-0.15, -0.1) is 0 Å². The number of carboxylic acid groups (broad SMARTS) is 1. The third-order valence-corrected chi connectivity index (χ3v) is 6.74. The number of carboxylic acids is 1. The Morgan fingerprint density at radius 1 is 1.11 bits per heavy atom. The van der Waals surface area contributed by atoms with Gasteiger partial charge >= 0.3 is 5.97 Å². The number of ether oxygens (including phenoxy) is 1. The molecule has 1 saturated heterocycles. The lowest BCUT2D eigenvalue weighted by molar-refractivity contribution is -0.136. The van der Waals surface area contributed by atoms with Crippen LogP contribution in [-0.2, 0) is 17.6 Å². The molecule has 3 heterocycles. The molecule has 0 saturated carbocycles. The first kappa shape index (κ1) is 24.6. The molecule has 2 aromatic heterocycles. The molecule has 1 fully saturated rings. The predicted octanol–water partition coefficient (Wildman–Crippen LogP) is 5.47. The highest BCUT2D eigenvalue weighted by atomic mass is 19.1. The van der Waals surface area contributed by atoms with Crippen LogP contribution in [0.2, 0.25) is 0 Å². The monoisotopic (exact) mass is 477 g/mol. The van der Waals surface area contributed by atoms with Crippen molar-refractivity contribution < 1.29 is 19.0 Å². The molecular weight excluding hydrogens is 445 g/mol. The van der Waals surface area contributed by atoms with Crippen LogP contribution in [0, 0.1) is 18.2 Å². The maximum absolute atomic E-state index is 13.8. The van der Waals surface area contributed by atoms with Crippen LogP contribution >= 0.6 is 0 Å². The smallest absolute Gasteiger partial charge is 0.307 e. The molecule has 0 bridgehead atoms. The van der Waals surface area contributed by atoms with Crippen molar-refractivity contribution in [2.75, 3.05) is 24.6 Å². The number of pyridine rings is 2. The number of halogens is 1. The first-order valence-electron chi connectivity index (χ1n) is 12.0. The van der Waals surface area contributed by atoms with Gasteiger partial charge in [0.15, 0.2) is 0 Å². The van der Waals surface area contributed by atoms with Crippen LogP contribution in [0.3, 0.4) is 0 Å². The molecule has 1 aromatic carbocycles. The fourth-order valence-corrected chi connectivity index (χ4v) is 4.49. The van der Waals surface area contributed by atoms with E-state index in [0.717, 1.165) is 48.4 Å². The third-order valence-electron chi connectivity index (χ3n) is 6.74. The second-order valence-electron chi connectivity index (χ2n) is 9.88. The van der Waals surface area contributed by atoms with E-state index in [9.17, 15) is 14.3 Å². The normalized spacial score (nSPS) is 15.1. The van der Waals surface area contributed by atoms with Crippen LogP contribution in [0.15, 0.2) is 48.8 Å². The number of hydrogen-bond donors (Lipinski definition) is 1. The summed E-state index contributed by atoms with van der Waals surface area (Å²) < 4.78 is 19.6. The minimum Gasteiger partial charge on any atom is -0.492 e. The molecule has 0 radical (unpaired) electrons. The zero-order valence-corrected chi connectivity index (χ0v) is 20.6. The average molecular weight is 478 g/mol. The maximum atomic E-state index is 13.8. The fourth-order valence-electron chi connectivity index (χ4n) is 4.49. The van der Waals surface area contributed by atoms with Gasteiger partial charge in [-0.1, -0.05) is 32.0 Å². The van der Waals surface area contributed by atoms with Gasteiger partial charge in [-0.3, -0.25) is 14.8 Å². The van der Waals surface area contributed by atoms with Crippen LogP contribution in [0.4, 0.5) is 10.1 Å². The van der Waals surface area contributed by atoms with E-state index in [0.29, 0.717) is 30.0 Å². The Labute approximate surface area is 205 Å². The summed E-state index contributed by atoms with van der Waals surface area (Å²) in [6.45, 7) is 8.45. The molecule has 7 heteroatoms. The highest BCUT2D eigenvalue weighted by molar-refractivity contribution is 5.83. The topological polar surface area (TPSA) is 75.6 Å². The summed E-state index contributed by atoms with van der Waals surface area (Å²) in [5.74, 6) is -0.517. The van der Waals surface area contributed by atoms with E-state index in [2.05, 4.69) is 28.7 Å². The highest BCUT2D eigenvalue weighted by Crippen LogP contribution is 2.39. The minimum absolute atomic E-state index is 0.0842. The molecular formula is C28H32FN3O3. The third kappa shape index (κ3) is 5.96. The lowest BCUT2D eigenvalue weighted by Crippen LogP contribution is -2.38. The van der Waals surface area contributed by atoms with Crippen LogP contribution in [0.25, 0.3) is 11.3 Å². The second kappa shape index (κ2) is 10.4. The molecule has 184 valence electrons. The molecule has 0 amide bonds. The lowest BCUT2D eigenvalue weighted by Gasteiger charge is -2.40. The molecule has 1 N–H and O–H groups in total. The summed E-state index contributed by atoms with van der Waals surface area (Å²) in [5.41, 5.74) is 4.80. The van der Waals surface area contributed by atoms with E-state index in [4.69, 9.17) is 4.74 Å². The number of anilines is 1. The van der Waals surface area contributed by atoms with Crippen molar-refractivity contribution in [3.8, 4) is 17.0 Å². The first-order valence-corrected chi connectivity index (χ1v) is 12.0. The predicted molar refractivity (Wildman–Crippen MR) is 134 cm³/mol. The summed E-state index contributed by atoms with van der Waals surface area (Å²) in [4.78, 5) is 23.1. The summed E-state index contributed by atoms with van der Waals surface area (Å²) >= 11 is 0. The molecule has 35 heavy (non-hydrogen) atoms. The quantitative estimate of drug-likeness (QED) is 0.464. The van der Waals surface area contributed by atoms with E-state index in [1.807, 2.05) is 25.1 Å². The van der Waals surface area contributed by atoms with Gasteiger partial charge in [0.05, 0.1) is 30.6 Å². The fraction of sp³-hybridized carbons (Fsp3) is 0.393. The Kier molecular flexibility index (Phi) is 7.34. The Morgan fingerprint density at radius 2 is 1.86 bits per heavy atom. The summed E-state index contributed by atoms with van der Waals surface area (Å²) in [6, 6.07) is 10.4. The van der Waals surface area contributed by atoms with E-state index in [-0.39, 0.29) is 17.7 Å². The number of carbonyl (C=O) groups is 1. The highest BCUT2D eigenvalue weighted by Gasteiger charge is 2.29. The van der Waals surface area contributed by atoms with Gasteiger partial charge in [0.1, 0.15) is 11.6 Å². The summed E-state index contributed by atoms with van der Waals surface area (Å²) in [6.07, 6.45) is 5.88. The molecule has 0 atom stereocenters. The van der Waals surface area contributed by atoms with Gasteiger partial charge in [0.2, 0.25) is 0 Å². The van der Waals surface area contributed by atoms with E-state index in [1.165, 1.54) is 6.07 Å². The number of rotatable bonds is 8. The Hall–Kier alpha value is -3.48. The van der Waals surface area contributed by atoms with E-state index < -0.39 is 5.97 Å². The zero-order valence-electron chi connectivity index (χ0n) is 20.6. The zero-order chi connectivity index (χ0) is 25.0. The lowest BCUT2D eigenvalue weighted by atomic mass is 9.82. The van der Waals surface area contributed by atoms with Crippen molar-refractivity contribution in [1.82, 2.24) is 9.97 Å². The van der Waals surface area contributed by atoms with Crippen molar-refractivity contribution in [2.24, 2.45) is 5.41 Å². The van der Waals surface area contributed by atoms with Crippen LogP contribution < -0.4 is 9.64 Å². The number of benzene rings is 1. The van der Waals surface area contributed by atoms with Crippen LogP contribution in [-0.4, -0.2) is 40.7 Å². The molecule has 3 aromatic rings. The number of aromatic nitrogens is 2. The summed E-state index contributed by atoms with van der Waals surface area (Å²) in [7, 11) is 0. The van der Waals surface area contributed by atoms with Crippen molar-refractivity contribution >= 4 is 11.7 Å². The Balaban J connectivity index is 1.57. The molecule has 0 spiro atoms. The van der Waals surface area contributed by atoms with Crippen LogP contribution in [0.5, 0.6) is 5.75 Å². The second-order valence-corrected chi connectivity index (χ2v) is 9.88. The number of piperidine rings is 1. The minimum atomic E-state index is -0.878. The number of nitrogens with zero attached hydrogens (tertiary/aromatic N) is 3. The van der Waals surface area contributed by atoms with Gasteiger partial charge in [0.25, 0.3) is 0 Å². The average Bonchev–Trinajstić information content (AvgIpc) is 2.82. The van der Waals surface area contributed by atoms with E-state index in [1.54, 1.807) is 24.5 Å². The van der Waals surface area contributed by atoms with Gasteiger partial charge in [-0.2, -0.15) is 0 Å². The molecule has 6 nitrogen and oxygen atoms in total. The van der Waals surface area contributed by atoms with Gasteiger partial charge in [-0.05, 0) is 48.9 Å². The first-order chi connectivity index (χ1) is 16.7. The van der Waals surface area contributed by atoms with Crippen LogP contribution in [0.1, 0.15) is 43.5 Å². The standard InChI is InChI=1S/C28H32FN3O3/c1-19-22(16-26(33)34)27(32-13-11-28(2,3)12-14-32)23(18-30-19)25-9-8-21(17-31-25)35-15-10-20-6-4-5-7-24(20)29/h4-9,17-18H,10-16H2,1-3H3,(H,33,34). The Bertz CT molecular complexity index is 1180. The van der Waals surface area contributed by atoms with Crippen molar-refractivity contribution in [2.45, 2.75) is 46.5 Å². The van der Waals surface area contributed by atoms with Gasteiger partial charge in [-0.25, -0.2) is 4.39 Å². The SMILES string of the molecule is Cc1ncc(-c2ccc(OCCc3ccccc3F)cn2)c(N2CCC(C)(C)CC2)c1CC(=O)O. The number of aliphatic carboxylic acids is 1. The maximum Gasteiger partial charge on any atom is 0.307 e. The molecule has 4 rings (SSSR count). The van der Waals surface area contributed by atoms with Gasteiger partial charge in [0, 0.05) is 42.5 Å². The van der Waals surface area contributed by atoms with Crippen molar-refractivity contribution in [3.05, 3.63) is 71.4 Å². The molecule has 0 unspecified atom stereocenters. The molecule has 1 aliphatic heterocycles. The number of hydrogen-bond acceptors (Lipinski definition) is 5. The largest absolute Gasteiger partial charge is 0.492 e.